The number of aryl methyl sites for hydroxylation is 1. The summed E-state index contributed by atoms with van der Waals surface area (Å²) >= 11 is 0. The van der Waals surface area contributed by atoms with E-state index in [-0.39, 0.29) is 10.6 Å². The zero-order chi connectivity index (χ0) is 15.8. The number of rotatable bonds is 4. The third kappa shape index (κ3) is 3.05. The number of pyridine rings is 1. The highest BCUT2D eigenvalue weighted by Crippen LogP contribution is 2.24. The summed E-state index contributed by atoms with van der Waals surface area (Å²) in [5, 5.41) is 19.1. The predicted octanol–water partition coefficient (Wildman–Crippen LogP) is 1.44. The molecule has 0 saturated carbocycles. The Morgan fingerprint density at radius 3 is 2.62 bits per heavy atom. The predicted molar refractivity (Wildman–Crippen MR) is 76.7 cm³/mol. The number of aromatic nitrogens is 4. The zero-order valence-electron chi connectivity index (χ0n) is 12.5. The van der Waals surface area contributed by atoms with Crippen molar-refractivity contribution in [3.05, 3.63) is 45.0 Å². The number of nitrogens with two attached hydrogens (primary N) is 1. The van der Waals surface area contributed by atoms with Gasteiger partial charge in [-0.15, -0.1) is 5.10 Å². The second-order valence-electron chi connectivity index (χ2n) is 5.64. The largest absolute Gasteiger partial charge is 0.320 e. The van der Waals surface area contributed by atoms with E-state index in [0.29, 0.717) is 29.1 Å². The molecule has 0 aliphatic carbocycles. The molecule has 0 bridgehead atoms. The van der Waals surface area contributed by atoms with Crippen LogP contribution in [0.25, 0.3) is 0 Å². The van der Waals surface area contributed by atoms with Gasteiger partial charge in [0.1, 0.15) is 5.69 Å². The molecule has 8 nitrogen and oxygen atoms in total. The number of hydrogen-bond acceptors (Lipinski definition) is 6. The average molecular weight is 290 g/mol. The van der Waals surface area contributed by atoms with Gasteiger partial charge in [-0.3, -0.25) is 15.1 Å². The summed E-state index contributed by atoms with van der Waals surface area (Å²) in [6.07, 6.45) is 3.23. The molecule has 112 valence electrons. The fraction of sp³-hybridized carbons (Fsp3) is 0.462. The van der Waals surface area contributed by atoms with E-state index in [2.05, 4.69) is 15.3 Å². The summed E-state index contributed by atoms with van der Waals surface area (Å²) in [5.74, 6) is 0. The van der Waals surface area contributed by atoms with Crippen LogP contribution in [0.3, 0.4) is 0 Å². The number of hydrogen-bond donors (Lipinski definition) is 1. The van der Waals surface area contributed by atoms with E-state index in [9.17, 15) is 10.1 Å². The zero-order valence-corrected chi connectivity index (χ0v) is 12.5. The first kappa shape index (κ1) is 15.0. The highest BCUT2D eigenvalue weighted by Gasteiger charge is 2.21. The van der Waals surface area contributed by atoms with Crippen molar-refractivity contribution in [1.82, 2.24) is 20.0 Å². The van der Waals surface area contributed by atoms with E-state index in [1.54, 1.807) is 24.7 Å². The Morgan fingerprint density at radius 2 is 2.10 bits per heavy atom. The first-order valence-corrected chi connectivity index (χ1v) is 6.49. The molecule has 0 aliphatic rings. The van der Waals surface area contributed by atoms with E-state index < -0.39 is 5.54 Å². The minimum atomic E-state index is -0.583. The van der Waals surface area contributed by atoms with Crippen molar-refractivity contribution < 1.29 is 4.92 Å². The molecule has 0 aromatic carbocycles. The van der Waals surface area contributed by atoms with Crippen molar-refractivity contribution in [3.63, 3.8) is 0 Å². The second-order valence-corrected chi connectivity index (χ2v) is 5.64. The minimum absolute atomic E-state index is 0.0968. The van der Waals surface area contributed by atoms with E-state index >= 15 is 0 Å². The molecule has 8 heteroatoms. The standard InChI is InChI=1S/C13H18N6O2/c1-8-5-15-10(9(2)12(8)19(20)21)6-18-7-11(16-17-18)13(3,4)14/h5,7H,6,14H2,1-4H3. The molecule has 0 unspecified atom stereocenters. The summed E-state index contributed by atoms with van der Waals surface area (Å²) in [6, 6.07) is 0. The first-order valence-electron chi connectivity index (χ1n) is 6.49. The molecule has 2 rings (SSSR count). The molecule has 0 atom stereocenters. The Balaban J connectivity index is 2.34. The van der Waals surface area contributed by atoms with Crippen molar-refractivity contribution >= 4 is 5.69 Å². The van der Waals surface area contributed by atoms with Crippen LogP contribution in [0, 0.1) is 24.0 Å². The monoisotopic (exact) mass is 290 g/mol. The van der Waals surface area contributed by atoms with E-state index in [0.717, 1.165) is 0 Å². The van der Waals surface area contributed by atoms with Gasteiger partial charge >= 0.3 is 0 Å². The molecule has 0 aliphatic heterocycles. The lowest BCUT2D eigenvalue weighted by atomic mass is 10.0. The van der Waals surface area contributed by atoms with Gasteiger partial charge in [-0.1, -0.05) is 5.21 Å². The van der Waals surface area contributed by atoms with Crippen LogP contribution in [0.1, 0.15) is 36.4 Å². The van der Waals surface area contributed by atoms with Gasteiger partial charge < -0.3 is 5.73 Å². The van der Waals surface area contributed by atoms with Crippen molar-refractivity contribution in [2.45, 2.75) is 39.8 Å². The van der Waals surface area contributed by atoms with E-state index in [4.69, 9.17) is 5.73 Å². The Labute approximate surface area is 122 Å². The molecule has 0 radical (unpaired) electrons. The SMILES string of the molecule is Cc1cnc(Cn2cc(C(C)(C)N)nn2)c(C)c1[N+](=O)[O-]. The lowest BCUT2D eigenvalue weighted by Gasteiger charge is -2.13. The summed E-state index contributed by atoms with van der Waals surface area (Å²) in [5.41, 5.74) is 7.81. The van der Waals surface area contributed by atoms with Gasteiger partial charge in [-0.25, -0.2) is 4.68 Å². The second kappa shape index (κ2) is 5.21. The van der Waals surface area contributed by atoms with Gasteiger partial charge in [0.2, 0.25) is 0 Å². The van der Waals surface area contributed by atoms with Crippen molar-refractivity contribution in [3.8, 4) is 0 Å². The fourth-order valence-electron chi connectivity index (χ4n) is 2.03. The van der Waals surface area contributed by atoms with Gasteiger partial charge in [-0.05, 0) is 27.7 Å². The Hall–Kier alpha value is -2.35. The third-order valence-electron chi connectivity index (χ3n) is 3.27. The van der Waals surface area contributed by atoms with Crippen LogP contribution in [-0.4, -0.2) is 24.9 Å². The van der Waals surface area contributed by atoms with Crippen molar-refractivity contribution in [2.75, 3.05) is 0 Å². The van der Waals surface area contributed by atoms with Crippen LogP contribution in [0.2, 0.25) is 0 Å². The topological polar surface area (TPSA) is 113 Å². The lowest BCUT2D eigenvalue weighted by molar-refractivity contribution is -0.386. The molecule has 0 spiro atoms. The normalized spacial score (nSPS) is 11.7. The lowest BCUT2D eigenvalue weighted by Crippen LogP contribution is -2.29. The van der Waals surface area contributed by atoms with Crippen LogP contribution >= 0.6 is 0 Å². The van der Waals surface area contributed by atoms with Crippen LogP contribution in [-0.2, 0) is 12.1 Å². The summed E-state index contributed by atoms with van der Waals surface area (Å²) in [6.45, 7) is 7.35. The number of nitrogens with zero attached hydrogens (tertiary/aromatic N) is 5. The molecule has 21 heavy (non-hydrogen) atoms. The molecule has 0 fully saturated rings. The van der Waals surface area contributed by atoms with Gasteiger partial charge in [0, 0.05) is 11.8 Å². The van der Waals surface area contributed by atoms with Gasteiger partial charge in [-0.2, -0.15) is 0 Å². The third-order valence-corrected chi connectivity index (χ3v) is 3.27. The highest BCUT2D eigenvalue weighted by atomic mass is 16.6. The molecular weight excluding hydrogens is 272 g/mol. The smallest absolute Gasteiger partial charge is 0.278 e. The van der Waals surface area contributed by atoms with Crippen LogP contribution in [0.5, 0.6) is 0 Å². The minimum Gasteiger partial charge on any atom is -0.320 e. The number of nitro groups is 1. The molecule has 2 heterocycles. The quantitative estimate of drug-likeness (QED) is 0.673. The Morgan fingerprint density at radius 1 is 1.43 bits per heavy atom. The van der Waals surface area contributed by atoms with Crippen molar-refractivity contribution in [2.24, 2.45) is 5.73 Å². The Kier molecular flexibility index (Phi) is 3.73. The van der Waals surface area contributed by atoms with Gasteiger partial charge in [0.05, 0.1) is 34.5 Å². The van der Waals surface area contributed by atoms with Crippen LogP contribution in [0.15, 0.2) is 12.4 Å². The molecule has 2 aromatic rings. The fourth-order valence-corrected chi connectivity index (χ4v) is 2.03. The summed E-state index contributed by atoms with van der Waals surface area (Å²) in [7, 11) is 0. The van der Waals surface area contributed by atoms with Crippen LogP contribution < -0.4 is 5.73 Å². The highest BCUT2D eigenvalue weighted by molar-refractivity contribution is 5.47. The first-order chi connectivity index (χ1) is 9.70. The van der Waals surface area contributed by atoms with Crippen molar-refractivity contribution in [1.29, 1.82) is 0 Å². The maximum Gasteiger partial charge on any atom is 0.278 e. The molecular formula is C13H18N6O2. The molecule has 0 saturated heterocycles. The summed E-state index contributed by atoms with van der Waals surface area (Å²) < 4.78 is 1.58. The molecule has 2 aromatic heterocycles. The molecule has 2 N–H and O–H groups in total. The summed E-state index contributed by atoms with van der Waals surface area (Å²) in [4.78, 5) is 15.0. The Bertz CT molecular complexity index is 686. The maximum absolute atomic E-state index is 11.1. The van der Waals surface area contributed by atoms with Crippen LogP contribution in [0.4, 0.5) is 5.69 Å². The molecule has 0 amide bonds. The average Bonchev–Trinajstić information content (AvgIpc) is 2.81. The van der Waals surface area contributed by atoms with E-state index in [1.165, 1.54) is 6.20 Å². The van der Waals surface area contributed by atoms with Gasteiger partial charge in [0.15, 0.2) is 0 Å². The van der Waals surface area contributed by atoms with Gasteiger partial charge in [0.25, 0.3) is 5.69 Å². The maximum atomic E-state index is 11.1. The van der Waals surface area contributed by atoms with E-state index in [1.807, 2.05) is 13.8 Å².